The molecule has 1 aliphatic carbocycles. The first-order chi connectivity index (χ1) is 12.1. The van der Waals surface area contributed by atoms with Gasteiger partial charge >= 0.3 is 0 Å². The number of hydrogen-bond donors (Lipinski definition) is 3. The molecule has 148 valence electrons. The third-order valence-electron chi connectivity index (χ3n) is 4.92. The molecule has 1 atom stereocenters. The molecule has 1 aromatic carbocycles. The van der Waals surface area contributed by atoms with Crippen LogP contribution in [-0.2, 0) is 12.8 Å². The zero-order valence-electron chi connectivity index (χ0n) is 14.9. The van der Waals surface area contributed by atoms with Gasteiger partial charge in [-0.3, -0.25) is 0 Å². The first-order valence-corrected chi connectivity index (χ1v) is 9.20. The van der Waals surface area contributed by atoms with Crippen molar-refractivity contribution in [1.29, 1.82) is 0 Å². The van der Waals surface area contributed by atoms with Crippen LogP contribution >= 0.6 is 36.4 Å². The maximum absolute atomic E-state index is 6.17. The van der Waals surface area contributed by atoms with Gasteiger partial charge in [-0.25, -0.2) is 4.98 Å². The van der Waals surface area contributed by atoms with Crippen molar-refractivity contribution in [3.63, 3.8) is 0 Å². The Balaban J connectivity index is 0.00000131. The number of nitrogen functional groups attached to an aromatic ring is 1. The van der Waals surface area contributed by atoms with Gasteiger partial charge in [-0.1, -0.05) is 11.6 Å². The standard InChI is InChI=1S/C18H23ClN6.2ClH/c19-14-7-6-12(9-15(14)21)22-18-23-16-5-1-4-13(16)17(24-18)25-8-2-3-11(20)10-25;;/h6-7,9,11H,1-5,8,10,20-21H2,(H,22,23,24);2*1H. The molecule has 1 fully saturated rings. The fourth-order valence-corrected chi connectivity index (χ4v) is 3.80. The second-order valence-corrected chi connectivity index (χ2v) is 7.27. The fourth-order valence-electron chi connectivity index (χ4n) is 3.68. The van der Waals surface area contributed by atoms with E-state index < -0.39 is 0 Å². The van der Waals surface area contributed by atoms with E-state index in [9.17, 15) is 0 Å². The van der Waals surface area contributed by atoms with Gasteiger partial charge in [0.15, 0.2) is 0 Å². The summed E-state index contributed by atoms with van der Waals surface area (Å²) < 4.78 is 0. The topological polar surface area (TPSA) is 93.1 Å². The van der Waals surface area contributed by atoms with Crippen molar-refractivity contribution in [3.8, 4) is 0 Å². The van der Waals surface area contributed by atoms with Gasteiger partial charge in [-0.15, -0.1) is 24.8 Å². The molecule has 0 bridgehead atoms. The number of anilines is 4. The number of hydrogen-bond acceptors (Lipinski definition) is 6. The quantitative estimate of drug-likeness (QED) is 0.641. The smallest absolute Gasteiger partial charge is 0.229 e. The zero-order chi connectivity index (χ0) is 17.4. The number of rotatable bonds is 3. The highest BCUT2D eigenvalue weighted by Crippen LogP contribution is 2.32. The summed E-state index contributed by atoms with van der Waals surface area (Å²) in [6, 6.07) is 5.67. The average molecular weight is 432 g/mol. The van der Waals surface area contributed by atoms with Crippen LogP contribution < -0.4 is 21.7 Å². The lowest BCUT2D eigenvalue weighted by molar-refractivity contribution is 0.502. The Morgan fingerprint density at radius 1 is 1.15 bits per heavy atom. The lowest BCUT2D eigenvalue weighted by Crippen LogP contribution is -2.43. The largest absolute Gasteiger partial charge is 0.397 e. The molecule has 0 saturated carbocycles. The molecule has 4 rings (SSSR count). The highest BCUT2D eigenvalue weighted by atomic mass is 35.5. The van der Waals surface area contributed by atoms with Crippen molar-refractivity contribution in [3.05, 3.63) is 34.5 Å². The van der Waals surface area contributed by atoms with Crippen LogP contribution in [0, 0.1) is 0 Å². The van der Waals surface area contributed by atoms with Crippen molar-refractivity contribution in [2.24, 2.45) is 5.73 Å². The molecule has 1 unspecified atom stereocenters. The highest BCUT2D eigenvalue weighted by molar-refractivity contribution is 6.33. The van der Waals surface area contributed by atoms with Gasteiger partial charge in [-0.05, 0) is 50.3 Å². The van der Waals surface area contributed by atoms with Gasteiger partial charge in [0.25, 0.3) is 0 Å². The summed E-state index contributed by atoms with van der Waals surface area (Å²) in [5.74, 6) is 1.65. The Bertz CT molecular complexity index is 801. The van der Waals surface area contributed by atoms with Gasteiger partial charge in [0.05, 0.1) is 16.4 Å². The fraction of sp³-hybridized carbons (Fsp3) is 0.444. The average Bonchev–Trinajstić information content (AvgIpc) is 3.06. The lowest BCUT2D eigenvalue weighted by Gasteiger charge is -2.33. The molecule has 1 aromatic heterocycles. The zero-order valence-corrected chi connectivity index (χ0v) is 17.3. The van der Waals surface area contributed by atoms with Gasteiger partial charge < -0.3 is 21.7 Å². The molecular weight excluding hydrogens is 407 g/mol. The molecule has 0 radical (unpaired) electrons. The summed E-state index contributed by atoms with van der Waals surface area (Å²) in [5, 5.41) is 3.82. The van der Waals surface area contributed by atoms with E-state index in [1.165, 1.54) is 5.56 Å². The van der Waals surface area contributed by atoms with Crippen LogP contribution in [0.5, 0.6) is 0 Å². The summed E-state index contributed by atoms with van der Waals surface area (Å²) >= 11 is 6.00. The van der Waals surface area contributed by atoms with Crippen molar-refractivity contribution < 1.29 is 0 Å². The Morgan fingerprint density at radius 3 is 2.70 bits per heavy atom. The normalized spacial score (nSPS) is 18.3. The van der Waals surface area contributed by atoms with E-state index in [0.29, 0.717) is 16.7 Å². The minimum atomic E-state index is 0. The van der Waals surface area contributed by atoms with Gasteiger partial charge in [0, 0.05) is 30.4 Å². The number of nitrogens with zero attached hydrogens (tertiary/aromatic N) is 3. The van der Waals surface area contributed by atoms with E-state index >= 15 is 0 Å². The molecule has 2 aliphatic rings. The minimum Gasteiger partial charge on any atom is -0.397 e. The number of nitrogens with one attached hydrogen (secondary N) is 1. The van der Waals surface area contributed by atoms with E-state index in [2.05, 4.69) is 10.2 Å². The highest BCUT2D eigenvalue weighted by Gasteiger charge is 2.26. The van der Waals surface area contributed by atoms with Crippen LogP contribution in [0.1, 0.15) is 30.5 Å². The number of nitrogens with two attached hydrogens (primary N) is 2. The number of aromatic nitrogens is 2. The predicted molar refractivity (Wildman–Crippen MR) is 117 cm³/mol. The molecule has 2 aromatic rings. The molecule has 6 nitrogen and oxygen atoms in total. The van der Waals surface area contributed by atoms with E-state index in [1.807, 2.05) is 6.07 Å². The Morgan fingerprint density at radius 2 is 1.96 bits per heavy atom. The third kappa shape index (κ3) is 4.69. The van der Waals surface area contributed by atoms with E-state index in [1.54, 1.807) is 12.1 Å². The van der Waals surface area contributed by atoms with Crippen LogP contribution in [0.3, 0.4) is 0 Å². The van der Waals surface area contributed by atoms with Crippen LogP contribution in [-0.4, -0.2) is 29.1 Å². The Labute approximate surface area is 176 Å². The predicted octanol–water partition coefficient (Wildman–Crippen LogP) is 3.72. The van der Waals surface area contributed by atoms with Gasteiger partial charge in [0.2, 0.25) is 5.95 Å². The second kappa shape index (κ2) is 9.15. The monoisotopic (exact) mass is 430 g/mol. The van der Waals surface area contributed by atoms with Crippen molar-refractivity contribution in [1.82, 2.24) is 9.97 Å². The maximum atomic E-state index is 6.17. The molecule has 1 aliphatic heterocycles. The molecule has 2 heterocycles. The van der Waals surface area contributed by atoms with E-state index in [4.69, 9.17) is 33.0 Å². The molecule has 27 heavy (non-hydrogen) atoms. The van der Waals surface area contributed by atoms with Gasteiger partial charge in [0.1, 0.15) is 5.82 Å². The van der Waals surface area contributed by atoms with Crippen LogP contribution in [0.25, 0.3) is 0 Å². The second-order valence-electron chi connectivity index (χ2n) is 6.86. The molecule has 0 spiro atoms. The number of piperidine rings is 1. The van der Waals surface area contributed by atoms with Crippen molar-refractivity contribution in [2.75, 3.05) is 29.0 Å². The van der Waals surface area contributed by atoms with Gasteiger partial charge in [-0.2, -0.15) is 4.98 Å². The molecule has 5 N–H and O–H groups in total. The summed E-state index contributed by atoms with van der Waals surface area (Å²) in [6.45, 7) is 1.86. The maximum Gasteiger partial charge on any atom is 0.229 e. The SMILES string of the molecule is Cl.Cl.Nc1cc(Nc2nc3c(c(N4CCCC(N)C4)n2)CCC3)ccc1Cl. The summed E-state index contributed by atoms with van der Waals surface area (Å²) in [7, 11) is 0. The van der Waals surface area contributed by atoms with Crippen LogP contribution in [0.15, 0.2) is 18.2 Å². The lowest BCUT2D eigenvalue weighted by atomic mass is 10.1. The number of aryl methyl sites for hydroxylation is 1. The number of halogens is 3. The summed E-state index contributed by atoms with van der Waals surface area (Å²) in [5.41, 5.74) is 15.9. The first kappa shape index (κ1) is 21.8. The molecule has 9 heteroatoms. The van der Waals surface area contributed by atoms with E-state index in [-0.39, 0.29) is 30.9 Å². The van der Waals surface area contributed by atoms with Crippen molar-refractivity contribution in [2.45, 2.75) is 38.1 Å². The molecular formula is C18H25Cl3N6. The molecule has 1 saturated heterocycles. The Kier molecular flexibility index (Phi) is 7.40. The Hall–Kier alpha value is -1.47. The third-order valence-corrected chi connectivity index (χ3v) is 5.27. The summed E-state index contributed by atoms with van der Waals surface area (Å²) in [4.78, 5) is 11.9. The van der Waals surface area contributed by atoms with Crippen LogP contribution in [0.2, 0.25) is 5.02 Å². The number of benzene rings is 1. The van der Waals surface area contributed by atoms with Crippen molar-refractivity contribution >= 4 is 59.6 Å². The minimum absolute atomic E-state index is 0. The van der Waals surface area contributed by atoms with Crippen LogP contribution in [0.4, 0.5) is 23.1 Å². The first-order valence-electron chi connectivity index (χ1n) is 8.82. The number of fused-ring (bicyclic) bond motifs is 1. The molecule has 0 amide bonds. The van der Waals surface area contributed by atoms with E-state index in [0.717, 1.165) is 62.4 Å². The summed E-state index contributed by atoms with van der Waals surface area (Å²) in [6.07, 6.45) is 5.37.